The van der Waals surface area contributed by atoms with Crippen LogP contribution >= 0.6 is 0 Å². The van der Waals surface area contributed by atoms with E-state index in [9.17, 15) is 9.59 Å². The van der Waals surface area contributed by atoms with E-state index < -0.39 is 0 Å². The van der Waals surface area contributed by atoms with Crippen LogP contribution in [0, 0.1) is 11.8 Å². The molecule has 1 aromatic rings. The molecule has 3 rings (SSSR count). The molecule has 1 aromatic carbocycles. The Balaban J connectivity index is 1.57. The second-order valence-electron chi connectivity index (χ2n) is 7.22. The second kappa shape index (κ2) is 7.29. The lowest BCUT2D eigenvalue weighted by Gasteiger charge is -2.28. The van der Waals surface area contributed by atoms with Gasteiger partial charge >= 0.3 is 0 Å². The first-order valence-electron chi connectivity index (χ1n) is 9.08. The summed E-state index contributed by atoms with van der Waals surface area (Å²) in [7, 11) is 0. The van der Waals surface area contributed by atoms with Crippen LogP contribution in [-0.4, -0.2) is 11.8 Å². The van der Waals surface area contributed by atoms with Gasteiger partial charge in [-0.25, -0.2) is 0 Å². The minimum Gasteiger partial charge on any atom is -0.296 e. The fourth-order valence-corrected chi connectivity index (χ4v) is 4.05. The van der Waals surface area contributed by atoms with Crippen LogP contribution < -0.4 is 5.32 Å². The summed E-state index contributed by atoms with van der Waals surface area (Å²) in [5, 5.41) is 2.44. The Morgan fingerprint density at radius 2 is 1.70 bits per heavy atom. The predicted octanol–water partition coefficient (Wildman–Crippen LogP) is 3.97. The lowest BCUT2D eigenvalue weighted by Crippen LogP contribution is -2.41. The van der Waals surface area contributed by atoms with Crippen molar-refractivity contribution in [1.82, 2.24) is 5.32 Å². The Morgan fingerprint density at radius 1 is 1.00 bits per heavy atom. The van der Waals surface area contributed by atoms with Gasteiger partial charge in [-0.1, -0.05) is 37.6 Å². The fourth-order valence-electron chi connectivity index (χ4n) is 4.05. The summed E-state index contributed by atoms with van der Waals surface area (Å²) in [4.78, 5) is 23.1. The topological polar surface area (TPSA) is 46.2 Å². The standard InChI is InChI=1S/C20H27NO2/c1-2-14-3-7-16(8-4-14)17-9-5-15(6-10-17)13-18-11-12-19(22)21-20(18)23/h5-6,9-10,14,16,18H,2-4,7-8,11-13H2,1H3,(H,21,22,23). The largest absolute Gasteiger partial charge is 0.296 e. The molecule has 3 nitrogen and oxygen atoms in total. The lowest BCUT2D eigenvalue weighted by atomic mass is 9.77. The first kappa shape index (κ1) is 16.2. The molecule has 1 saturated heterocycles. The minimum absolute atomic E-state index is 0.0569. The van der Waals surface area contributed by atoms with Crippen molar-refractivity contribution in [2.75, 3.05) is 0 Å². The normalized spacial score (nSPS) is 28.5. The molecular formula is C20H27NO2. The monoisotopic (exact) mass is 313 g/mol. The Labute approximate surface area is 138 Å². The summed E-state index contributed by atoms with van der Waals surface area (Å²) in [5.41, 5.74) is 2.65. The van der Waals surface area contributed by atoms with Crippen LogP contribution in [0.5, 0.6) is 0 Å². The van der Waals surface area contributed by atoms with E-state index >= 15 is 0 Å². The molecule has 1 aliphatic heterocycles. The molecule has 1 N–H and O–H groups in total. The molecule has 1 atom stereocenters. The Kier molecular flexibility index (Phi) is 5.14. The summed E-state index contributed by atoms with van der Waals surface area (Å²) in [6.07, 6.45) is 8.54. The van der Waals surface area contributed by atoms with Crippen molar-refractivity contribution in [3.05, 3.63) is 35.4 Å². The first-order chi connectivity index (χ1) is 11.2. The van der Waals surface area contributed by atoms with E-state index in [1.165, 1.54) is 43.2 Å². The number of imide groups is 1. The van der Waals surface area contributed by atoms with Crippen molar-refractivity contribution in [3.8, 4) is 0 Å². The predicted molar refractivity (Wildman–Crippen MR) is 91.0 cm³/mol. The molecule has 2 aliphatic rings. The highest BCUT2D eigenvalue weighted by Gasteiger charge is 2.26. The SMILES string of the molecule is CCC1CCC(c2ccc(CC3CCC(=O)NC3=O)cc2)CC1. The number of carbonyl (C=O) groups is 2. The number of carbonyl (C=O) groups excluding carboxylic acids is 2. The second-order valence-corrected chi connectivity index (χ2v) is 7.22. The van der Waals surface area contributed by atoms with Gasteiger partial charge in [0, 0.05) is 12.3 Å². The highest BCUT2D eigenvalue weighted by molar-refractivity contribution is 5.98. The molecule has 1 heterocycles. The highest BCUT2D eigenvalue weighted by Crippen LogP contribution is 2.37. The van der Waals surface area contributed by atoms with Crippen LogP contribution in [-0.2, 0) is 16.0 Å². The summed E-state index contributed by atoms with van der Waals surface area (Å²) >= 11 is 0. The Hall–Kier alpha value is -1.64. The third kappa shape index (κ3) is 4.01. The maximum atomic E-state index is 11.9. The van der Waals surface area contributed by atoms with Crippen molar-refractivity contribution in [1.29, 1.82) is 0 Å². The first-order valence-corrected chi connectivity index (χ1v) is 9.08. The zero-order valence-electron chi connectivity index (χ0n) is 14.0. The van der Waals surface area contributed by atoms with Crippen LogP contribution in [0.1, 0.15) is 68.9 Å². The van der Waals surface area contributed by atoms with Crippen molar-refractivity contribution < 1.29 is 9.59 Å². The van der Waals surface area contributed by atoms with E-state index in [-0.39, 0.29) is 17.7 Å². The van der Waals surface area contributed by atoms with Crippen LogP contribution in [0.15, 0.2) is 24.3 Å². The number of rotatable bonds is 4. The molecule has 3 heteroatoms. The molecule has 0 spiro atoms. The maximum absolute atomic E-state index is 11.9. The van der Waals surface area contributed by atoms with E-state index in [2.05, 4.69) is 36.5 Å². The fraction of sp³-hybridized carbons (Fsp3) is 0.600. The van der Waals surface area contributed by atoms with E-state index in [0.717, 1.165) is 12.3 Å². The van der Waals surface area contributed by atoms with Gasteiger partial charge in [0.2, 0.25) is 11.8 Å². The average molecular weight is 313 g/mol. The number of nitrogens with one attached hydrogen (secondary N) is 1. The molecule has 2 fully saturated rings. The Morgan fingerprint density at radius 3 is 2.30 bits per heavy atom. The van der Waals surface area contributed by atoms with Gasteiger partial charge < -0.3 is 0 Å². The van der Waals surface area contributed by atoms with Gasteiger partial charge in [-0.15, -0.1) is 0 Å². The van der Waals surface area contributed by atoms with Gasteiger partial charge in [0.05, 0.1) is 0 Å². The molecule has 0 radical (unpaired) electrons. The minimum atomic E-state index is -0.135. The number of amides is 2. The van der Waals surface area contributed by atoms with E-state index in [4.69, 9.17) is 0 Å². The van der Waals surface area contributed by atoms with Crippen LogP contribution in [0.25, 0.3) is 0 Å². The van der Waals surface area contributed by atoms with Crippen LogP contribution in [0.4, 0.5) is 0 Å². The summed E-state index contributed by atoms with van der Waals surface area (Å²) < 4.78 is 0. The lowest BCUT2D eigenvalue weighted by molar-refractivity contribution is -0.136. The van der Waals surface area contributed by atoms with Gasteiger partial charge in [0.15, 0.2) is 0 Å². The summed E-state index contributed by atoms with van der Waals surface area (Å²) in [6, 6.07) is 8.84. The van der Waals surface area contributed by atoms with Crippen molar-refractivity contribution in [2.24, 2.45) is 11.8 Å². The third-order valence-corrected chi connectivity index (χ3v) is 5.71. The van der Waals surface area contributed by atoms with Crippen molar-refractivity contribution >= 4 is 11.8 Å². The van der Waals surface area contributed by atoms with E-state index in [1.54, 1.807) is 0 Å². The number of piperidine rings is 1. The molecule has 1 saturated carbocycles. The van der Waals surface area contributed by atoms with Gasteiger partial charge in [-0.05, 0) is 61.5 Å². The number of benzene rings is 1. The molecule has 124 valence electrons. The smallest absolute Gasteiger partial charge is 0.230 e. The van der Waals surface area contributed by atoms with Crippen LogP contribution in [0.3, 0.4) is 0 Å². The molecule has 0 bridgehead atoms. The molecule has 1 unspecified atom stereocenters. The van der Waals surface area contributed by atoms with E-state index in [0.29, 0.717) is 18.8 Å². The van der Waals surface area contributed by atoms with Gasteiger partial charge in [-0.3, -0.25) is 14.9 Å². The molecule has 0 aromatic heterocycles. The number of hydrogen-bond acceptors (Lipinski definition) is 2. The highest BCUT2D eigenvalue weighted by atomic mass is 16.2. The summed E-state index contributed by atoms with van der Waals surface area (Å²) in [6.45, 7) is 2.30. The zero-order valence-corrected chi connectivity index (χ0v) is 14.0. The van der Waals surface area contributed by atoms with E-state index in [1.807, 2.05) is 0 Å². The molecule has 23 heavy (non-hydrogen) atoms. The third-order valence-electron chi connectivity index (χ3n) is 5.71. The quantitative estimate of drug-likeness (QED) is 0.855. The molecule has 1 aliphatic carbocycles. The number of hydrogen-bond donors (Lipinski definition) is 1. The molecular weight excluding hydrogens is 286 g/mol. The molecule has 2 amide bonds. The summed E-state index contributed by atoms with van der Waals surface area (Å²) in [5.74, 6) is 1.34. The zero-order chi connectivity index (χ0) is 16.2. The van der Waals surface area contributed by atoms with Crippen molar-refractivity contribution in [3.63, 3.8) is 0 Å². The van der Waals surface area contributed by atoms with Crippen molar-refractivity contribution in [2.45, 2.75) is 64.2 Å². The van der Waals surface area contributed by atoms with Gasteiger partial charge in [0.1, 0.15) is 0 Å². The van der Waals surface area contributed by atoms with Gasteiger partial charge in [-0.2, -0.15) is 0 Å². The Bertz CT molecular complexity index is 556. The van der Waals surface area contributed by atoms with Gasteiger partial charge in [0.25, 0.3) is 0 Å². The average Bonchev–Trinajstić information content (AvgIpc) is 2.58. The van der Waals surface area contributed by atoms with Crippen LogP contribution in [0.2, 0.25) is 0 Å². The maximum Gasteiger partial charge on any atom is 0.230 e.